The largest absolute Gasteiger partial charge is 0.393 e. The van der Waals surface area contributed by atoms with Crippen molar-refractivity contribution in [1.29, 1.82) is 0 Å². The van der Waals surface area contributed by atoms with Gasteiger partial charge in [0.05, 0.1) is 4.99 Å². The Kier molecular flexibility index (Phi) is 3.73. The molecule has 0 aromatic heterocycles. The van der Waals surface area contributed by atoms with Gasteiger partial charge in [0.15, 0.2) is 0 Å². The topological polar surface area (TPSA) is 52.0 Å². The van der Waals surface area contributed by atoms with Crippen LogP contribution in [0.3, 0.4) is 0 Å². The zero-order valence-corrected chi connectivity index (χ0v) is 5.87. The van der Waals surface area contributed by atoms with Gasteiger partial charge in [-0.15, -0.1) is 0 Å². The van der Waals surface area contributed by atoms with Gasteiger partial charge in [0.25, 0.3) is 0 Å². The van der Waals surface area contributed by atoms with Crippen LogP contribution in [0.25, 0.3) is 0 Å². The molecule has 0 aliphatic carbocycles. The predicted octanol–water partition coefficient (Wildman–Crippen LogP) is 0.257. The number of rotatable bonds is 3. The van der Waals surface area contributed by atoms with Crippen molar-refractivity contribution in [2.45, 2.75) is 13.3 Å². The van der Waals surface area contributed by atoms with Crippen molar-refractivity contribution in [3.63, 3.8) is 0 Å². The van der Waals surface area contributed by atoms with Crippen LogP contribution in [0, 0.1) is 5.92 Å². The standard InChI is InChI=1S/C5H12N2S/c1-4(2-3-6)5(7)8/h4H,2-3,6H2,1H3,(H2,7,8). The second-order valence-electron chi connectivity index (χ2n) is 1.88. The van der Waals surface area contributed by atoms with Gasteiger partial charge < -0.3 is 11.5 Å². The van der Waals surface area contributed by atoms with E-state index in [0.29, 0.717) is 17.5 Å². The molecule has 1 atom stereocenters. The molecular formula is C5H12N2S. The molecule has 0 saturated carbocycles. The second kappa shape index (κ2) is 3.80. The Bertz CT molecular complexity index is 82.5. The lowest BCUT2D eigenvalue weighted by Crippen LogP contribution is -2.20. The van der Waals surface area contributed by atoms with Gasteiger partial charge in [-0.05, 0) is 13.0 Å². The van der Waals surface area contributed by atoms with E-state index in [1.807, 2.05) is 6.92 Å². The summed E-state index contributed by atoms with van der Waals surface area (Å²) in [5.41, 5.74) is 10.5. The molecule has 4 N–H and O–H groups in total. The van der Waals surface area contributed by atoms with E-state index in [9.17, 15) is 0 Å². The van der Waals surface area contributed by atoms with Crippen LogP contribution in [0.5, 0.6) is 0 Å². The Balaban J connectivity index is 3.32. The number of nitrogens with two attached hydrogens (primary N) is 2. The van der Waals surface area contributed by atoms with E-state index in [1.54, 1.807) is 0 Å². The van der Waals surface area contributed by atoms with Gasteiger partial charge in [-0.2, -0.15) is 0 Å². The molecule has 0 aliphatic heterocycles. The molecule has 0 saturated heterocycles. The summed E-state index contributed by atoms with van der Waals surface area (Å²) in [5, 5.41) is 0. The average molecular weight is 132 g/mol. The van der Waals surface area contributed by atoms with Crippen molar-refractivity contribution < 1.29 is 0 Å². The van der Waals surface area contributed by atoms with E-state index < -0.39 is 0 Å². The summed E-state index contributed by atoms with van der Waals surface area (Å²) in [6.07, 6.45) is 0.898. The highest BCUT2D eigenvalue weighted by Gasteiger charge is 2.00. The molecule has 8 heavy (non-hydrogen) atoms. The summed E-state index contributed by atoms with van der Waals surface area (Å²) >= 11 is 4.71. The minimum Gasteiger partial charge on any atom is -0.393 e. The Labute approximate surface area is 55.2 Å². The normalized spacial score (nSPS) is 13.2. The molecule has 1 unspecified atom stereocenters. The molecule has 0 rings (SSSR count). The van der Waals surface area contributed by atoms with Gasteiger partial charge in [0.2, 0.25) is 0 Å². The molecule has 3 heteroatoms. The number of hydrogen-bond donors (Lipinski definition) is 2. The Morgan fingerprint density at radius 2 is 2.25 bits per heavy atom. The van der Waals surface area contributed by atoms with Gasteiger partial charge in [-0.3, -0.25) is 0 Å². The highest BCUT2D eigenvalue weighted by Crippen LogP contribution is 1.98. The minimum absolute atomic E-state index is 0.301. The zero-order chi connectivity index (χ0) is 6.57. The first-order valence-electron chi connectivity index (χ1n) is 2.68. The van der Waals surface area contributed by atoms with Crippen molar-refractivity contribution in [1.82, 2.24) is 0 Å². The number of thiocarbonyl (C=S) groups is 1. The average Bonchev–Trinajstić information content (AvgIpc) is 1.67. The van der Waals surface area contributed by atoms with Crippen molar-refractivity contribution in [3.05, 3.63) is 0 Å². The summed E-state index contributed by atoms with van der Waals surface area (Å²) in [6.45, 7) is 2.65. The zero-order valence-electron chi connectivity index (χ0n) is 5.05. The van der Waals surface area contributed by atoms with Crippen molar-refractivity contribution in [3.8, 4) is 0 Å². The van der Waals surface area contributed by atoms with E-state index in [4.69, 9.17) is 23.7 Å². The Hall–Kier alpha value is -0.150. The first-order valence-corrected chi connectivity index (χ1v) is 3.08. The van der Waals surface area contributed by atoms with Crippen LogP contribution >= 0.6 is 12.2 Å². The summed E-state index contributed by atoms with van der Waals surface area (Å²) in [7, 11) is 0. The molecule has 48 valence electrons. The first-order chi connectivity index (χ1) is 3.68. The summed E-state index contributed by atoms with van der Waals surface area (Å²) in [5.74, 6) is 0.301. The van der Waals surface area contributed by atoms with Gasteiger partial charge in [-0.25, -0.2) is 0 Å². The highest BCUT2D eigenvalue weighted by atomic mass is 32.1. The van der Waals surface area contributed by atoms with E-state index in [0.717, 1.165) is 6.42 Å². The van der Waals surface area contributed by atoms with Crippen LogP contribution in [0.2, 0.25) is 0 Å². The third-order valence-corrected chi connectivity index (χ3v) is 1.49. The first kappa shape index (κ1) is 7.85. The third kappa shape index (κ3) is 2.93. The lowest BCUT2D eigenvalue weighted by Gasteiger charge is -2.04. The van der Waals surface area contributed by atoms with Crippen molar-refractivity contribution in [2.75, 3.05) is 6.54 Å². The minimum atomic E-state index is 0.301. The SMILES string of the molecule is CC(CCN)C(N)=S. The van der Waals surface area contributed by atoms with E-state index in [-0.39, 0.29) is 0 Å². The second-order valence-corrected chi connectivity index (χ2v) is 2.35. The van der Waals surface area contributed by atoms with Gasteiger partial charge in [-0.1, -0.05) is 19.1 Å². The smallest absolute Gasteiger partial charge is 0.0756 e. The molecule has 0 aromatic rings. The molecule has 0 amide bonds. The maximum atomic E-state index is 5.30. The van der Waals surface area contributed by atoms with Gasteiger partial charge in [0, 0.05) is 5.92 Å². The summed E-state index contributed by atoms with van der Waals surface area (Å²) in [6, 6.07) is 0. The molecular weight excluding hydrogens is 120 g/mol. The molecule has 0 radical (unpaired) electrons. The van der Waals surface area contributed by atoms with E-state index in [1.165, 1.54) is 0 Å². The van der Waals surface area contributed by atoms with Crippen LogP contribution in [0.15, 0.2) is 0 Å². The molecule has 0 heterocycles. The van der Waals surface area contributed by atoms with Crippen LogP contribution in [0.4, 0.5) is 0 Å². The molecule has 0 fully saturated rings. The van der Waals surface area contributed by atoms with Crippen molar-refractivity contribution >= 4 is 17.2 Å². The maximum absolute atomic E-state index is 5.30. The molecule has 0 aliphatic rings. The van der Waals surface area contributed by atoms with Gasteiger partial charge >= 0.3 is 0 Å². The van der Waals surface area contributed by atoms with Crippen LogP contribution in [0.1, 0.15) is 13.3 Å². The molecule has 2 nitrogen and oxygen atoms in total. The predicted molar refractivity (Wildman–Crippen MR) is 39.6 cm³/mol. The van der Waals surface area contributed by atoms with Crippen molar-refractivity contribution in [2.24, 2.45) is 17.4 Å². The van der Waals surface area contributed by atoms with Crippen LogP contribution < -0.4 is 11.5 Å². The maximum Gasteiger partial charge on any atom is 0.0756 e. The lowest BCUT2D eigenvalue weighted by atomic mass is 10.1. The third-order valence-electron chi connectivity index (χ3n) is 1.09. The molecule has 0 spiro atoms. The molecule has 0 aromatic carbocycles. The summed E-state index contributed by atoms with van der Waals surface area (Å²) in [4.78, 5) is 0.565. The Morgan fingerprint density at radius 1 is 1.75 bits per heavy atom. The van der Waals surface area contributed by atoms with Crippen LogP contribution in [-0.4, -0.2) is 11.5 Å². The quantitative estimate of drug-likeness (QED) is 0.541. The lowest BCUT2D eigenvalue weighted by molar-refractivity contribution is 0.696. The van der Waals surface area contributed by atoms with Gasteiger partial charge in [0.1, 0.15) is 0 Å². The molecule has 0 bridgehead atoms. The fraction of sp³-hybridized carbons (Fsp3) is 0.800. The number of hydrogen-bond acceptors (Lipinski definition) is 2. The van der Waals surface area contributed by atoms with Crippen LogP contribution in [-0.2, 0) is 0 Å². The highest BCUT2D eigenvalue weighted by molar-refractivity contribution is 7.80. The monoisotopic (exact) mass is 132 g/mol. The van der Waals surface area contributed by atoms with E-state index >= 15 is 0 Å². The Morgan fingerprint density at radius 3 is 2.38 bits per heavy atom. The fourth-order valence-corrected chi connectivity index (χ4v) is 0.510. The fourth-order valence-electron chi connectivity index (χ4n) is 0.392. The van der Waals surface area contributed by atoms with E-state index in [2.05, 4.69) is 0 Å². The summed E-state index contributed by atoms with van der Waals surface area (Å²) < 4.78 is 0.